The monoisotopic (exact) mass is 398 g/mol. The highest BCUT2D eigenvalue weighted by Crippen LogP contribution is 2.43. The molecule has 5 nitrogen and oxygen atoms in total. The van der Waals surface area contributed by atoms with Gasteiger partial charge in [-0.2, -0.15) is 13.2 Å². The van der Waals surface area contributed by atoms with E-state index in [2.05, 4.69) is 4.74 Å². The highest BCUT2D eigenvalue weighted by atomic mass is 19.4. The smallest absolute Gasteiger partial charge is 0.432 e. The Morgan fingerprint density at radius 3 is 2.04 bits per heavy atom. The Hall–Kier alpha value is -2.58. The number of esters is 1. The van der Waals surface area contributed by atoms with Crippen LogP contribution in [0.25, 0.3) is 0 Å². The van der Waals surface area contributed by atoms with Gasteiger partial charge in [-0.15, -0.1) is 0 Å². The Balaban J connectivity index is 2.29. The quantitative estimate of drug-likeness (QED) is 0.720. The first-order valence-corrected chi connectivity index (χ1v) is 8.38. The first kappa shape index (κ1) is 21.7. The van der Waals surface area contributed by atoms with Crippen molar-refractivity contribution >= 4 is 5.97 Å². The Labute approximate surface area is 160 Å². The molecule has 0 saturated carbocycles. The molecule has 0 saturated heterocycles. The van der Waals surface area contributed by atoms with Crippen LogP contribution < -0.4 is 4.74 Å². The second kappa shape index (κ2) is 8.62. The van der Waals surface area contributed by atoms with Crippen LogP contribution in [-0.2, 0) is 19.9 Å². The van der Waals surface area contributed by atoms with Crippen LogP contribution in [0.2, 0.25) is 0 Å². The van der Waals surface area contributed by atoms with E-state index in [0.717, 1.165) is 19.2 Å². The predicted octanol–water partition coefficient (Wildman–Crippen LogP) is 3.76. The number of methoxy groups -OCH3 is 2. The summed E-state index contributed by atoms with van der Waals surface area (Å²) in [7, 11) is 2.26. The summed E-state index contributed by atoms with van der Waals surface area (Å²) in [6.07, 6.45) is -7.68. The van der Waals surface area contributed by atoms with Gasteiger partial charge in [0, 0.05) is 12.7 Å². The van der Waals surface area contributed by atoms with Crippen molar-refractivity contribution in [1.29, 1.82) is 0 Å². The molecule has 0 aliphatic rings. The fourth-order valence-electron chi connectivity index (χ4n) is 2.78. The molecule has 0 radical (unpaired) electrons. The molecule has 0 spiro atoms. The summed E-state index contributed by atoms with van der Waals surface area (Å²) in [5.74, 6) is -1.12. The number of aliphatic hydroxyl groups is 1. The summed E-state index contributed by atoms with van der Waals surface area (Å²) in [6.45, 7) is 1.30. The van der Waals surface area contributed by atoms with E-state index in [1.165, 1.54) is 44.4 Å². The number of carbonyl (C=O) groups is 1. The van der Waals surface area contributed by atoms with Crippen molar-refractivity contribution in [3.8, 4) is 5.75 Å². The molecule has 2 rings (SSSR count). The van der Waals surface area contributed by atoms with Gasteiger partial charge in [0.15, 0.2) is 0 Å². The van der Waals surface area contributed by atoms with Crippen molar-refractivity contribution in [2.75, 3.05) is 14.2 Å². The van der Waals surface area contributed by atoms with E-state index >= 15 is 0 Å². The Kier molecular flexibility index (Phi) is 6.69. The van der Waals surface area contributed by atoms with Crippen molar-refractivity contribution in [2.24, 2.45) is 0 Å². The summed E-state index contributed by atoms with van der Waals surface area (Å²) < 4.78 is 56.3. The van der Waals surface area contributed by atoms with Gasteiger partial charge in [0.05, 0.1) is 7.11 Å². The molecule has 8 heteroatoms. The maximum Gasteiger partial charge on any atom is 0.432 e. The number of alkyl halides is 3. The molecule has 0 amide bonds. The molecule has 3 atom stereocenters. The summed E-state index contributed by atoms with van der Waals surface area (Å²) in [6, 6.07) is 12.7. The van der Waals surface area contributed by atoms with E-state index in [9.17, 15) is 23.1 Å². The van der Waals surface area contributed by atoms with E-state index in [4.69, 9.17) is 9.47 Å². The van der Waals surface area contributed by atoms with Crippen LogP contribution in [0.15, 0.2) is 54.6 Å². The summed E-state index contributed by atoms with van der Waals surface area (Å²) >= 11 is 0. The van der Waals surface area contributed by atoms with E-state index in [1.54, 1.807) is 12.1 Å². The summed E-state index contributed by atoms with van der Waals surface area (Å²) in [5, 5.41) is 10.4. The first-order chi connectivity index (χ1) is 13.2. The average molecular weight is 398 g/mol. The standard InChI is InChI=1S/C20H21F3O5/c1-13(17(24)14-9-11-16(26-2)12-10-14)28-18(25)19(27-3,20(21,22)23)15-7-5-4-6-8-15/h4-13,17,24H,1-3H3/t13-,17+,19-/m1/s1. The third-order valence-electron chi connectivity index (χ3n) is 4.37. The second-order valence-electron chi connectivity index (χ2n) is 6.08. The van der Waals surface area contributed by atoms with E-state index in [0.29, 0.717) is 11.3 Å². The topological polar surface area (TPSA) is 65.0 Å². The number of aliphatic hydroxyl groups excluding tert-OH is 1. The molecule has 0 heterocycles. The summed E-state index contributed by atoms with van der Waals surface area (Å²) in [4.78, 5) is 12.6. The summed E-state index contributed by atoms with van der Waals surface area (Å²) in [5.41, 5.74) is -3.36. The normalized spacial score (nSPS) is 16.0. The van der Waals surface area contributed by atoms with Gasteiger partial charge in [-0.05, 0) is 24.6 Å². The molecule has 0 bridgehead atoms. The molecule has 0 aliphatic carbocycles. The van der Waals surface area contributed by atoms with Gasteiger partial charge in [0.1, 0.15) is 18.0 Å². The highest BCUT2D eigenvalue weighted by Gasteiger charge is 2.64. The number of carbonyl (C=O) groups excluding carboxylic acids is 1. The van der Waals surface area contributed by atoms with Crippen LogP contribution >= 0.6 is 0 Å². The minimum atomic E-state index is -5.08. The lowest BCUT2D eigenvalue weighted by molar-refractivity contribution is -0.279. The fraction of sp³-hybridized carbons (Fsp3) is 0.350. The molecule has 0 aromatic heterocycles. The lowest BCUT2D eigenvalue weighted by Gasteiger charge is -2.34. The highest BCUT2D eigenvalue weighted by molar-refractivity contribution is 5.82. The van der Waals surface area contributed by atoms with Crippen molar-refractivity contribution in [2.45, 2.75) is 30.9 Å². The van der Waals surface area contributed by atoms with Crippen LogP contribution in [0.5, 0.6) is 5.75 Å². The third kappa shape index (κ3) is 4.13. The molecule has 0 aliphatic heterocycles. The maximum atomic E-state index is 13.9. The van der Waals surface area contributed by atoms with Crippen molar-refractivity contribution < 1.29 is 37.3 Å². The number of benzene rings is 2. The van der Waals surface area contributed by atoms with Gasteiger partial charge in [-0.3, -0.25) is 0 Å². The number of hydrogen-bond donors (Lipinski definition) is 1. The van der Waals surface area contributed by atoms with Crippen LogP contribution in [0.1, 0.15) is 24.2 Å². The van der Waals surface area contributed by atoms with E-state index in [1.807, 2.05) is 0 Å². The average Bonchev–Trinajstić information content (AvgIpc) is 2.68. The first-order valence-electron chi connectivity index (χ1n) is 8.38. The molecule has 2 aromatic rings. The molecule has 0 unspecified atom stereocenters. The largest absolute Gasteiger partial charge is 0.497 e. The van der Waals surface area contributed by atoms with Crippen LogP contribution in [0.4, 0.5) is 13.2 Å². The molecule has 2 aromatic carbocycles. The van der Waals surface area contributed by atoms with Gasteiger partial charge in [0.25, 0.3) is 5.60 Å². The number of ether oxygens (including phenoxy) is 3. The second-order valence-corrected chi connectivity index (χ2v) is 6.08. The van der Waals surface area contributed by atoms with Gasteiger partial charge >= 0.3 is 12.1 Å². The van der Waals surface area contributed by atoms with Gasteiger partial charge in [-0.1, -0.05) is 42.5 Å². The molecule has 152 valence electrons. The van der Waals surface area contributed by atoms with Gasteiger partial charge < -0.3 is 19.3 Å². The molecule has 0 fully saturated rings. The minimum absolute atomic E-state index is 0.357. The number of halogens is 3. The Morgan fingerprint density at radius 2 is 1.57 bits per heavy atom. The van der Waals surface area contributed by atoms with E-state index in [-0.39, 0.29) is 0 Å². The van der Waals surface area contributed by atoms with Crippen LogP contribution in [0, 0.1) is 0 Å². The van der Waals surface area contributed by atoms with Crippen molar-refractivity contribution in [3.63, 3.8) is 0 Å². The van der Waals surface area contributed by atoms with Crippen LogP contribution in [0.3, 0.4) is 0 Å². The lowest BCUT2D eigenvalue weighted by atomic mass is 9.92. The predicted molar refractivity (Wildman–Crippen MR) is 94.7 cm³/mol. The van der Waals surface area contributed by atoms with E-state index < -0.39 is 35.5 Å². The zero-order valence-electron chi connectivity index (χ0n) is 15.6. The van der Waals surface area contributed by atoms with Crippen molar-refractivity contribution in [1.82, 2.24) is 0 Å². The third-order valence-corrected chi connectivity index (χ3v) is 4.37. The Bertz CT molecular complexity index is 777. The number of rotatable bonds is 7. The Morgan fingerprint density at radius 1 is 1.00 bits per heavy atom. The SMILES string of the molecule is COc1ccc([C@@H](O)[C@@H](C)OC(=O)[C@](OC)(c2ccccc2)C(F)(F)F)cc1. The minimum Gasteiger partial charge on any atom is -0.497 e. The molecular formula is C20H21F3O5. The molecular weight excluding hydrogens is 377 g/mol. The van der Waals surface area contributed by atoms with Gasteiger partial charge in [-0.25, -0.2) is 4.79 Å². The van der Waals surface area contributed by atoms with Crippen molar-refractivity contribution in [3.05, 3.63) is 65.7 Å². The lowest BCUT2D eigenvalue weighted by Crippen LogP contribution is -2.52. The molecule has 28 heavy (non-hydrogen) atoms. The fourth-order valence-corrected chi connectivity index (χ4v) is 2.78. The maximum absolute atomic E-state index is 13.9. The van der Waals surface area contributed by atoms with Crippen LogP contribution in [-0.4, -0.2) is 37.6 Å². The zero-order valence-corrected chi connectivity index (χ0v) is 15.6. The zero-order chi connectivity index (χ0) is 20.9. The number of hydrogen-bond acceptors (Lipinski definition) is 5. The van der Waals surface area contributed by atoms with Gasteiger partial charge in [0.2, 0.25) is 0 Å². The molecule has 1 N–H and O–H groups in total.